The molecule has 18 heavy (non-hydrogen) atoms. The van der Waals surface area contributed by atoms with Crippen molar-refractivity contribution in [2.24, 2.45) is 0 Å². The second kappa shape index (κ2) is 6.45. The minimum absolute atomic E-state index is 0.163. The van der Waals surface area contributed by atoms with Crippen molar-refractivity contribution in [1.82, 2.24) is 10.2 Å². The summed E-state index contributed by atoms with van der Waals surface area (Å²) in [6.07, 6.45) is -2.48. The third-order valence-electron chi connectivity index (χ3n) is 3.26. The van der Waals surface area contributed by atoms with Crippen LogP contribution in [0.3, 0.4) is 0 Å². The van der Waals surface area contributed by atoms with Gasteiger partial charge in [-0.3, -0.25) is 4.90 Å². The molecule has 1 aliphatic rings. The number of nitrogens with zero attached hydrogens (tertiary/aromatic N) is 1. The quantitative estimate of drug-likeness (QED) is 0.908. The molecule has 5 heteroatoms. The second-order valence-corrected chi connectivity index (χ2v) is 4.86. The van der Waals surface area contributed by atoms with Gasteiger partial charge in [-0.15, -0.1) is 0 Å². The maximum absolute atomic E-state index is 12.8. The lowest BCUT2D eigenvalue weighted by Crippen LogP contribution is -2.45. The van der Waals surface area contributed by atoms with Gasteiger partial charge in [0.25, 0.3) is 0 Å². The van der Waals surface area contributed by atoms with Crippen molar-refractivity contribution in [3.8, 4) is 0 Å². The fraction of sp³-hybridized carbons (Fsp3) is 0.538. The molecule has 1 fully saturated rings. The van der Waals surface area contributed by atoms with E-state index in [1.54, 1.807) is 6.07 Å². The molecule has 0 bridgehead atoms. The molecule has 0 amide bonds. The first-order chi connectivity index (χ1) is 8.68. The summed E-state index contributed by atoms with van der Waals surface area (Å²) in [5.41, 5.74) is 0.807. The van der Waals surface area contributed by atoms with Crippen LogP contribution in [-0.2, 0) is 0 Å². The van der Waals surface area contributed by atoms with Crippen LogP contribution in [-0.4, -0.2) is 37.5 Å². The molecule has 2 nitrogen and oxygen atoms in total. The molecule has 0 aromatic heterocycles. The highest BCUT2D eigenvalue weighted by Crippen LogP contribution is 2.32. The summed E-state index contributed by atoms with van der Waals surface area (Å²) in [5.74, 6) is 0. The molecule has 1 heterocycles. The fourth-order valence-corrected chi connectivity index (χ4v) is 2.64. The smallest absolute Gasteiger partial charge is 0.240 e. The van der Waals surface area contributed by atoms with Gasteiger partial charge in [0.15, 0.2) is 0 Å². The van der Waals surface area contributed by atoms with Crippen LogP contribution < -0.4 is 5.32 Å². The van der Waals surface area contributed by atoms with Crippen molar-refractivity contribution >= 4 is 11.6 Å². The zero-order valence-electron chi connectivity index (χ0n) is 10.1. The van der Waals surface area contributed by atoms with Crippen molar-refractivity contribution in [1.29, 1.82) is 0 Å². The van der Waals surface area contributed by atoms with Gasteiger partial charge in [0.2, 0.25) is 6.43 Å². The monoisotopic (exact) mass is 274 g/mol. The van der Waals surface area contributed by atoms with Gasteiger partial charge in [-0.05, 0) is 11.6 Å². The van der Waals surface area contributed by atoms with Crippen LogP contribution in [0.25, 0.3) is 0 Å². The SMILES string of the molecule is FC(F)C[C@H](c1ccccc1Cl)N1CCNCC1. The minimum atomic E-state index is -2.32. The molecule has 0 spiro atoms. The molecule has 1 aromatic carbocycles. The minimum Gasteiger partial charge on any atom is -0.314 e. The van der Waals surface area contributed by atoms with Crippen LogP contribution >= 0.6 is 11.6 Å². The molecule has 1 aliphatic heterocycles. The third kappa shape index (κ3) is 3.40. The first kappa shape index (κ1) is 13.7. The van der Waals surface area contributed by atoms with Gasteiger partial charge in [0.05, 0.1) is 0 Å². The van der Waals surface area contributed by atoms with Gasteiger partial charge in [-0.2, -0.15) is 0 Å². The molecule has 0 unspecified atom stereocenters. The standard InChI is InChI=1S/C13H17ClF2N2/c14-11-4-2-1-3-10(11)12(9-13(15)16)18-7-5-17-6-8-18/h1-4,12-13,17H,5-9H2/t12-/m1/s1. The average Bonchev–Trinajstić information content (AvgIpc) is 2.38. The summed E-state index contributed by atoms with van der Waals surface area (Å²) in [6, 6.07) is 6.99. The largest absolute Gasteiger partial charge is 0.314 e. The predicted octanol–water partition coefficient (Wildman–Crippen LogP) is 2.94. The Morgan fingerprint density at radius 3 is 2.50 bits per heavy atom. The lowest BCUT2D eigenvalue weighted by molar-refractivity contribution is 0.0739. The van der Waals surface area contributed by atoms with Crippen molar-refractivity contribution < 1.29 is 8.78 Å². The molecule has 100 valence electrons. The van der Waals surface area contributed by atoms with Crippen LogP contribution in [0, 0.1) is 0 Å². The Bertz CT molecular complexity index is 381. The highest BCUT2D eigenvalue weighted by atomic mass is 35.5. The number of piperazine rings is 1. The topological polar surface area (TPSA) is 15.3 Å². The first-order valence-corrected chi connectivity index (χ1v) is 6.53. The number of hydrogen-bond acceptors (Lipinski definition) is 2. The lowest BCUT2D eigenvalue weighted by Gasteiger charge is -2.35. The number of benzene rings is 1. The van der Waals surface area contributed by atoms with Crippen LogP contribution in [0.1, 0.15) is 18.0 Å². The fourth-order valence-electron chi connectivity index (χ4n) is 2.38. The van der Waals surface area contributed by atoms with Crippen molar-refractivity contribution in [3.63, 3.8) is 0 Å². The van der Waals surface area contributed by atoms with E-state index in [2.05, 4.69) is 10.2 Å². The molecule has 0 saturated carbocycles. The van der Waals surface area contributed by atoms with Crippen molar-refractivity contribution in [2.75, 3.05) is 26.2 Å². The van der Waals surface area contributed by atoms with Gasteiger partial charge < -0.3 is 5.32 Å². The lowest BCUT2D eigenvalue weighted by atomic mass is 10.0. The Morgan fingerprint density at radius 2 is 1.89 bits per heavy atom. The zero-order chi connectivity index (χ0) is 13.0. The summed E-state index contributed by atoms with van der Waals surface area (Å²) in [6.45, 7) is 3.24. The van der Waals surface area contributed by atoms with Crippen LogP contribution in [0.5, 0.6) is 0 Å². The van der Waals surface area contributed by atoms with E-state index in [9.17, 15) is 8.78 Å². The van der Waals surface area contributed by atoms with Gasteiger partial charge in [-0.1, -0.05) is 29.8 Å². The molecule has 1 aromatic rings. The number of halogens is 3. The van der Waals surface area contributed by atoms with E-state index < -0.39 is 6.43 Å². The summed E-state index contributed by atoms with van der Waals surface area (Å²) in [4.78, 5) is 2.09. The number of nitrogens with one attached hydrogen (secondary N) is 1. The molecule has 0 aliphatic carbocycles. The van der Waals surface area contributed by atoms with E-state index in [0.717, 1.165) is 31.7 Å². The molecular weight excluding hydrogens is 258 g/mol. The third-order valence-corrected chi connectivity index (χ3v) is 3.60. The Kier molecular flexibility index (Phi) is 4.92. The summed E-state index contributed by atoms with van der Waals surface area (Å²) < 4.78 is 25.5. The molecule has 0 radical (unpaired) electrons. The highest BCUT2D eigenvalue weighted by Gasteiger charge is 2.26. The normalized spacial score (nSPS) is 19.1. The molecule has 1 saturated heterocycles. The van der Waals surface area contributed by atoms with E-state index in [1.807, 2.05) is 18.2 Å². The molecule has 1 atom stereocenters. The zero-order valence-corrected chi connectivity index (χ0v) is 10.8. The van der Waals surface area contributed by atoms with E-state index in [0.29, 0.717) is 5.02 Å². The van der Waals surface area contributed by atoms with Gasteiger partial charge in [0.1, 0.15) is 0 Å². The molecular formula is C13H17ClF2N2. The molecule has 1 N–H and O–H groups in total. The number of alkyl halides is 2. The van der Waals surface area contributed by atoms with E-state index >= 15 is 0 Å². The maximum atomic E-state index is 12.8. The Balaban J connectivity index is 2.21. The summed E-state index contributed by atoms with van der Waals surface area (Å²) in [5, 5.41) is 3.80. The van der Waals surface area contributed by atoms with E-state index in [1.165, 1.54) is 0 Å². The van der Waals surface area contributed by atoms with E-state index in [-0.39, 0.29) is 12.5 Å². The summed E-state index contributed by atoms with van der Waals surface area (Å²) in [7, 11) is 0. The number of hydrogen-bond donors (Lipinski definition) is 1. The van der Waals surface area contributed by atoms with Crippen LogP contribution in [0.4, 0.5) is 8.78 Å². The van der Waals surface area contributed by atoms with Crippen LogP contribution in [0.15, 0.2) is 24.3 Å². The Morgan fingerprint density at radius 1 is 1.22 bits per heavy atom. The van der Waals surface area contributed by atoms with Gasteiger partial charge >= 0.3 is 0 Å². The Labute approximate surface area is 111 Å². The predicted molar refractivity (Wildman–Crippen MR) is 69.3 cm³/mol. The van der Waals surface area contributed by atoms with Gasteiger partial charge in [0, 0.05) is 43.7 Å². The highest BCUT2D eigenvalue weighted by molar-refractivity contribution is 6.31. The summed E-state index contributed by atoms with van der Waals surface area (Å²) >= 11 is 6.13. The second-order valence-electron chi connectivity index (χ2n) is 4.45. The van der Waals surface area contributed by atoms with Crippen molar-refractivity contribution in [2.45, 2.75) is 18.9 Å². The van der Waals surface area contributed by atoms with Crippen molar-refractivity contribution in [3.05, 3.63) is 34.9 Å². The van der Waals surface area contributed by atoms with Crippen LogP contribution in [0.2, 0.25) is 5.02 Å². The molecule has 2 rings (SSSR count). The van der Waals surface area contributed by atoms with Gasteiger partial charge in [-0.25, -0.2) is 8.78 Å². The Hall–Kier alpha value is -0.710. The average molecular weight is 275 g/mol. The maximum Gasteiger partial charge on any atom is 0.240 e. The van der Waals surface area contributed by atoms with E-state index in [4.69, 9.17) is 11.6 Å². The number of rotatable bonds is 4. The first-order valence-electron chi connectivity index (χ1n) is 6.16.